The molecule has 4 heterocycles. The van der Waals surface area contributed by atoms with Crippen LogP contribution in [0.2, 0.25) is 0 Å². The third-order valence-corrected chi connectivity index (χ3v) is 7.26. The van der Waals surface area contributed by atoms with E-state index in [1.165, 1.54) is 27.2 Å². The number of Topliss-reactive ketones (excluding diaryl/α,β-unsaturated/α-hetero) is 1. The van der Waals surface area contributed by atoms with Crippen molar-refractivity contribution in [2.24, 2.45) is 5.92 Å². The van der Waals surface area contributed by atoms with Crippen molar-refractivity contribution in [3.05, 3.63) is 39.4 Å². The number of hydrogen-bond acceptors (Lipinski definition) is 7. The highest BCUT2D eigenvalue weighted by Crippen LogP contribution is 2.41. The first-order chi connectivity index (χ1) is 14.1. The fourth-order valence-electron chi connectivity index (χ4n) is 3.69. The molecule has 7 heteroatoms. The summed E-state index contributed by atoms with van der Waals surface area (Å²) in [4.78, 5) is 28.3. The van der Waals surface area contributed by atoms with Crippen LogP contribution in [0.3, 0.4) is 0 Å². The van der Waals surface area contributed by atoms with Crippen LogP contribution in [0.5, 0.6) is 0 Å². The molecule has 5 nitrogen and oxygen atoms in total. The Morgan fingerprint density at radius 3 is 2.90 bits per heavy atom. The van der Waals surface area contributed by atoms with Crippen molar-refractivity contribution in [1.29, 1.82) is 0 Å². The van der Waals surface area contributed by atoms with Gasteiger partial charge in [-0.15, -0.1) is 22.7 Å². The predicted octanol–water partition coefficient (Wildman–Crippen LogP) is 4.91. The molecular weight excluding hydrogens is 400 g/mol. The summed E-state index contributed by atoms with van der Waals surface area (Å²) < 4.78 is 0. The summed E-state index contributed by atoms with van der Waals surface area (Å²) in [5, 5.41) is 6.53. The quantitative estimate of drug-likeness (QED) is 0.554. The van der Waals surface area contributed by atoms with Gasteiger partial charge >= 0.3 is 0 Å². The van der Waals surface area contributed by atoms with Gasteiger partial charge in [0.1, 0.15) is 17.1 Å². The second-order valence-electron chi connectivity index (χ2n) is 7.90. The molecule has 29 heavy (non-hydrogen) atoms. The second kappa shape index (κ2) is 9.24. The minimum absolute atomic E-state index is 0.340. The number of ketones is 1. The summed E-state index contributed by atoms with van der Waals surface area (Å²) in [5.41, 5.74) is 4.40. The summed E-state index contributed by atoms with van der Waals surface area (Å²) in [7, 11) is 0. The fraction of sp³-hybridized carbons (Fsp3) is 0.455. The van der Waals surface area contributed by atoms with Crippen molar-refractivity contribution in [3.63, 3.8) is 0 Å². The lowest BCUT2D eigenvalue weighted by Crippen LogP contribution is -2.22. The van der Waals surface area contributed by atoms with Gasteiger partial charge in [0, 0.05) is 58.0 Å². The highest BCUT2D eigenvalue weighted by molar-refractivity contribution is 7.15. The van der Waals surface area contributed by atoms with Gasteiger partial charge in [-0.25, -0.2) is 15.0 Å². The number of carbonyl (C=O) groups is 1. The Balaban J connectivity index is 1.61. The zero-order chi connectivity index (χ0) is 20.2. The number of nitrogens with one attached hydrogen (secondary N) is 1. The van der Waals surface area contributed by atoms with Crippen LogP contribution >= 0.6 is 22.7 Å². The van der Waals surface area contributed by atoms with Gasteiger partial charge in [0.15, 0.2) is 0 Å². The molecular formula is C22H26N4OS2. The predicted molar refractivity (Wildman–Crippen MR) is 119 cm³/mol. The van der Waals surface area contributed by atoms with E-state index < -0.39 is 0 Å². The Morgan fingerprint density at radius 2 is 2.10 bits per heavy atom. The third-order valence-electron chi connectivity index (χ3n) is 5.17. The van der Waals surface area contributed by atoms with Crippen molar-refractivity contribution >= 4 is 28.5 Å². The maximum Gasteiger partial charge on any atom is 0.138 e. The van der Waals surface area contributed by atoms with Crippen molar-refractivity contribution in [2.75, 3.05) is 6.54 Å². The Labute approximate surface area is 179 Å². The topological polar surface area (TPSA) is 67.8 Å². The lowest BCUT2D eigenvalue weighted by Gasteiger charge is -2.13. The molecule has 3 aromatic heterocycles. The summed E-state index contributed by atoms with van der Waals surface area (Å²) in [5.74, 6) is 0.987. The monoisotopic (exact) mass is 426 g/mol. The van der Waals surface area contributed by atoms with Crippen LogP contribution < -0.4 is 5.32 Å². The van der Waals surface area contributed by atoms with Gasteiger partial charge in [0.25, 0.3) is 0 Å². The van der Waals surface area contributed by atoms with Crippen molar-refractivity contribution in [2.45, 2.75) is 52.5 Å². The minimum Gasteiger partial charge on any atom is -0.312 e. The molecule has 0 saturated carbocycles. The summed E-state index contributed by atoms with van der Waals surface area (Å²) in [6.07, 6.45) is 9.38. The van der Waals surface area contributed by atoms with E-state index in [4.69, 9.17) is 4.98 Å². The molecule has 152 valence electrons. The van der Waals surface area contributed by atoms with Crippen LogP contribution in [0.15, 0.2) is 24.1 Å². The first kappa shape index (κ1) is 20.3. The molecule has 0 fully saturated rings. The molecule has 0 aromatic carbocycles. The van der Waals surface area contributed by atoms with Gasteiger partial charge in [0.05, 0.1) is 5.69 Å². The van der Waals surface area contributed by atoms with Crippen LogP contribution in [-0.2, 0) is 24.2 Å². The maximum absolute atomic E-state index is 12.7. The van der Waals surface area contributed by atoms with Crippen LogP contribution in [0.4, 0.5) is 0 Å². The average Bonchev–Trinajstić information content (AvgIpc) is 3.32. The number of carbonyl (C=O) groups excluding carboxylic acids is 1. The fourth-order valence-corrected chi connectivity index (χ4v) is 6.04. The van der Waals surface area contributed by atoms with Gasteiger partial charge < -0.3 is 5.32 Å². The molecule has 1 N–H and O–H groups in total. The molecule has 0 spiro atoms. The van der Waals surface area contributed by atoms with E-state index in [1.54, 1.807) is 35.1 Å². The minimum atomic E-state index is 0.340. The number of aromatic nitrogens is 3. The van der Waals surface area contributed by atoms with E-state index >= 15 is 0 Å². The van der Waals surface area contributed by atoms with Gasteiger partial charge in [0.2, 0.25) is 0 Å². The molecule has 3 aromatic rings. The smallest absolute Gasteiger partial charge is 0.138 e. The lowest BCUT2D eigenvalue weighted by atomic mass is 9.99. The number of hydrogen-bond donors (Lipinski definition) is 1. The van der Waals surface area contributed by atoms with Crippen LogP contribution in [-0.4, -0.2) is 27.3 Å². The third kappa shape index (κ3) is 4.79. The number of rotatable bonds is 8. The van der Waals surface area contributed by atoms with Crippen molar-refractivity contribution < 1.29 is 4.79 Å². The average molecular weight is 427 g/mol. The molecule has 4 rings (SSSR count). The Kier molecular flexibility index (Phi) is 6.47. The molecule has 0 unspecified atom stereocenters. The van der Waals surface area contributed by atoms with Crippen LogP contribution in [0.1, 0.15) is 48.4 Å². The number of fused-ring (bicyclic) bond motifs is 1. The zero-order valence-corrected chi connectivity index (χ0v) is 18.5. The van der Waals surface area contributed by atoms with E-state index in [9.17, 15) is 4.79 Å². The highest BCUT2D eigenvalue weighted by Gasteiger charge is 2.25. The molecule has 1 aliphatic heterocycles. The Bertz CT molecular complexity index is 978. The second-order valence-corrected chi connectivity index (χ2v) is 9.94. The van der Waals surface area contributed by atoms with Crippen LogP contribution in [0.25, 0.3) is 21.8 Å². The Hall–Kier alpha value is -1.96. The SMILES string of the molecule is CC(C)CCCC(=O)Cc1sc2c(c1-c1nc(-c3cncnc3)cs1)CCNC2. The number of thiazole rings is 1. The summed E-state index contributed by atoms with van der Waals surface area (Å²) in [6, 6.07) is 0. The Morgan fingerprint density at radius 1 is 1.28 bits per heavy atom. The molecule has 0 atom stereocenters. The first-order valence-corrected chi connectivity index (χ1v) is 11.9. The largest absolute Gasteiger partial charge is 0.312 e. The highest BCUT2D eigenvalue weighted by atomic mass is 32.1. The van der Waals surface area contributed by atoms with Gasteiger partial charge in [-0.3, -0.25) is 4.79 Å². The van der Waals surface area contributed by atoms with Gasteiger partial charge in [-0.05, 0) is 30.9 Å². The van der Waals surface area contributed by atoms with Crippen molar-refractivity contribution in [3.8, 4) is 21.8 Å². The molecule has 0 saturated heterocycles. The van der Waals surface area contributed by atoms with E-state index in [2.05, 4.69) is 34.5 Å². The summed E-state index contributed by atoms with van der Waals surface area (Å²) in [6.45, 7) is 6.28. The zero-order valence-electron chi connectivity index (χ0n) is 16.9. The molecule has 0 aliphatic carbocycles. The van der Waals surface area contributed by atoms with Crippen LogP contribution in [0, 0.1) is 5.92 Å². The maximum atomic E-state index is 12.7. The van der Waals surface area contributed by atoms with E-state index in [0.717, 1.165) is 48.6 Å². The molecule has 0 bridgehead atoms. The van der Waals surface area contributed by atoms with Crippen molar-refractivity contribution in [1.82, 2.24) is 20.3 Å². The standard InChI is InChI=1S/C22H26N4OS2/c1-14(2)4-3-5-16(27)8-19-21(17-6-7-23-11-20(17)29-19)22-26-18(12-28-22)15-9-24-13-25-10-15/h9-10,12-14,23H,3-8,11H2,1-2H3. The normalized spacial score (nSPS) is 13.6. The molecule has 1 aliphatic rings. The molecule has 0 radical (unpaired) electrons. The van der Waals surface area contributed by atoms with E-state index in [0.29, 0.717) is 24.5 Å². The van der Waals surface area contributed by atoms with E-state index in [-0.39, 0.29) is 0 Å². The number of nitrogens with zero attached hydrogens (tertiary/aromatic N) is 3. The van der Waals surface area contributed by atoms with Gasteiger partial charge in [-0.2, -0.15) is 0 Å². The van der Waals surface area contributed by atoms with E-state index in [1.807, 2.05) is 0 Å². The lowest BCUT2D eigenvalue weighted by molar-refractivity contribution is -0.118. The summed E-state index contributed by atoms with van der Waals surface area (Å²) >= 11 is 3.43. The number of thiophene rings is 1. The van der Waals surface area contributed by atoms with Gasteiger partial charge in [-0.1, -0.05) is 20.3 Å². The first-order valence-electron chi connectivity index (χ1n) is 10.2. The molecule has 0 amide bonds.